The fourth-order valence-electron chi connectivity index (χ4n) is 3.46. The average molecular weight is 333 g/mol. The topological polar surface area (TPSA) is 95.1 Å². The van der Waals surface area contributed by atoms with E-state index in [1.165, 1.54) is 0 Å². The number of aromatic nitrogens is 3. The molecule has 2 aromatic heterocycles. The van der Waals surface area contributed by atoms with Gasteiger partial charge in [-0.2, -0.15) is 4.99 Å². The molecule has 7 nitrogen and oxygen atoms in total. The highest BCUT2D eigenvalue weighted by Gasteiger charge is 2.32. The molecule has 0 bridgehead atoms. The summed E-state index contributed by atoms with van der Waals surface area (Å²) in [4.78, 5) is 11.3. The number of H-pyrrole nitrogens is 2. The van der Waals surface area contributed by atoms with Crippen LogP contribution in [0.15, 0.2) is 53.7 Å². The summed E-state index contributed by atoms with van der Waals surface area (Å²) in [6, 6.07) is 14.1. The number of para-hydroxylation sites is 2. The maximum absolute atomic E-state index is 6.03. The van der Waals surface area contributed by atoms with Gasteiger partial charge >= 0.3 is 5.95 Å². The standard InChI is InChI=1S/C18H16N6O/c1-25-10-6-7-11-12(9-20-14(11)8-10)16-22-17(19)23-18-21-13-4-2-3-5-15(13)24(16)18/h2-9,16,20H,1H3,(H3,19,21,22,23)/p+1/t16-/m1/s1. The first-order valence-electron chi connectivity index (χ1n) is 8.02. The van der Waals surface area contributed by atoms with Crippen LogP contribution in [0.4, 0.5) is 5.95 Å². The Hall–Kier alpha value is -3.48. The molecular formula is C18H17N6O+. The zero-order chi connectivity index (χ0) is 17.0. The van der Waals surface area contributed by atoms with Crippen LogP contribution in [0.25, 0.3) is 21.9 Å². The first-order chi connectivity index (χ1) is 12.2. The number of hydrogen-bond donors (Lipinski definition) is 4. The van der Waals surface area contributed by atoms with E-state index in [0.29, 0.717) is 5.96 Å². The molecule has 0 amide bonds. The van der Waals surface area contributed by atoms with Crippen molar-refractivity contribution < 1.29 is 9.30 Å². The second-order valence-corrected chi connectivity index (χ2v) is 6.03. The van der Waals surface area contributed by atoms with Gasteiger partial charge in [0.25, 0.3) is 5.96 Å². The number of hydrogen-bond acceptors (Lipinski definition) is 4. The lowest BCUT2D eigenvalue weighted by atomic mass is 10.1. The number of nitrogens with zero attached hydrogens (tertiary/aromatic N) is 2. The number of guanidine groups is 1. The lowest BCUT2D eigenvalue weighted by Gasteiger charge is -2.17. The molecule has 1 atom stereocenters. The summed E-state index contributed by atoms with van der Waals surface area (Å²) >= 11 is 0. The lowest BCUT2D eigenvalue weighted by molar-refractivity contribution is -0.674. The molecule has 124 valence electrons. The number of nitrogens with one attached hydrogen (secondary N) is 3. The lowest BCUT2D eigenvalue weighted by Crippen LogP contribution is -2.47. The van der Waals surface area contributed by atoms with E-state index in [9.17, 15) is 0 Å². The Morgan fingerprint density at radius 3 is 2.92 bits per heavy atom. The largest absolute Gasteiger partial charge is 0.497 e. The van der Waals surface area contributed by atoms with Crippen molar-refractivity contribution in [3.8, 4) is 5.75 Å². The number of imidazole rings is 1. The number of aliphatic imine (C=N–C) groups is 1. The van der Waals surface area contributed by atoms with Gasteiger partial charge in [0.2, 0.25) is 6.17 Å². The Bertz CT molecular complexity index is 1140. The minimum absolute atomic E-state index is 0.255. The number of benzene rings is 2. The van der Waals surface area contributed by atoms with Gasteiger partial charge in [0.1, 0.15) is 16.8 Å². The summed E-state index contributed by atoms with van der Waals surface area (Å²) in [6.45, 7) is 0. The predicted molar refractivity (Wildman–Crippen MR) is 96.7 cm³/mol. The van der Waals surface area contributed by atoms with E-state index >= 15 is 0 Å². The van der Waals surface area contributed by atoms with Gasteiger partial charge in [0, 0.05) is 28.7 Å². The third kappa shape index (κ3) is 1.99. The zero-order valence-corrected chi connectivity index (χ0v) is 13.6. The SMILES string of the molecule is COc1ccc2c([C@@H]3N=C(N)Nc4[nH]c5ccccc5[n+]43)c[nH]c2c1. The second-order valence-electron chi connectivity index (χ2n) is 6.03. The molecule has 0 saturated carbocycles. The number of aromatic amines is 2. The monoisotopic (exact) mass is 333 g/mol. The Morgan fingerprint density at radius 1 is 1.16 bits per heavy atom. The molecule has 25 heavy (non-hydrogen) atoms. The molecule has 3 heterocycles. The molecule has 5 N–H and O–H groups in total. The van der Waals surface area contributed by atoms with Gasteiger partial charge in [-0.3, -0.25) is 0 Å². The average Bonchev–Trinajstić information content (AvgIpc) is 3.21. The van der Waals surface area contributed by atoms with E-state index in [0.717, 1.165) is 39.2 Å². The number of rotatable bonds is 2. The van der Waals surface area contributed by atoms with Crippen molar-refractivity contribution in [2.75, 3.05) is 12.4 Å². The van der Waals surface area contributed by atoms with Crippen LogP contribution < -0.4 is 20.4 Å². The molecule has 0 saturated heterocycles. The first kappa shape index (κ1) is 13.9. The van der Waals surface area contributed by atoms with Gasteiger partial charge in [-0.15, -0.1) is 0 Å². The molecule has 1 aliphatic rings. The molecule has 0 radical (unpaired) electrons. The number of nitrogens with two attached hydrogens (primary N) is 1. The molecular weight excluding hydrogens is 316 g/mol. The molecule has 1 aliphatic heterocycles. The fraction of sp³-hybridized carbons (Fsp3) is 0.111. The molecule has 4 aromatic rings. The van der Waals surface area contributed by atoms with Crippen LogP contribution in [-0.4, -0.2) is 23.0 Å². The summed E-state index contributed by atoms with van der Waals surface area (Å²) < 4.78 is 7.43. The Morgan fingerprint density at radius 2 is 2.04 bits per heavy atom. The quantitative estimate of drug-likeness (QED) is 0.424. The predicted octanol–water partition coefficient (Wildman–Crippen LogP) is 2.23. The van der Waals surface area contributed by atoms with Crippen LogP contribution in [0.5, 0.6) is 5.75 Å². The van der Waals surface area contributed by atoms with Crippen molar-refractivity contribution in [1.29, 1.82) is 0 Å². The normalized spacial score (nSPS) is 16.5. The van der Waals surface area contributed by atoms with E-state index in [1.54, 1.807) is 7.11 Å². The summed E-state index contributed by atoms with van der Waals surface area (Å²) in [7, 11) is 1.66. The number of fused-ring (bicyclic) bond motifs is 4. The Labute approximate surface area is 143 Å². The minimum atomic E-state index is -0.255. The van der Waals surface area contributed by atoms with Gasteiger partial charge < -0.3 is 15.5 Å². The van der Waals surface area contributed by atoms with Crippen LogP contribution in [0, 0.1) is 0 Å². The van der Waals surface area contributed by atoms with E-state index in [1.807, 2.05) is 42.6 Å². The smallest absolute Gasteiger partial charge is 0.365 e. The van der Waals surface area contributed by atoms with Crippen LogP contribution in [-0.2, 0) is 0 Å². The van der Waals surface area contributed by atoms with E-state index in [2.05, 4.69) is 30.9 Å². The molecule has 7 heteroatoms. The molecule has 0 unspecified atom stereocenters. The Balaban J connectivity index is 1.75. The third-order valence-electron chi connectivity index (χ3n) is 4.61. The molecule has 0 aliphatic carbocycles. The van der Waals surface area contributed by atoms with E-state index in [4.69, 9.17) is 10.5 Å². The highest BCUT2D eigenvalue weighted by molar-refractivity contribution is 5.93. The number of ether oxygens (including phenoxy) is 1. The van der Waals surface area contributed by atoms with Crippen molar-refractivity contribution in [2.45, 2.75) is 6.17 Å². The Kier molecular flexibility index (Phi) is 2.79. The van der Waals surface area contributed by atoms with Crippen LogP contribution in [0.3, 0.4) is 0 Å². The van der Waals surface area contributed by atoms with Gasteiger partial charge in [-0.05, 0) is 24.3 Å². The van der Waals surface area contributed by atoms with E-state index < -0.39 is 0 Å². The van der Waals surface area contributed by atoms with Gasteiger partial charge in [-0.1, -0.05) is 12.1 Å². The van der Waals surface area contributed by atoms with Crippen LogP contribution >= 0.6 is 0 Å². The van der Waals surface area contributed by atoms with E-state index in [-0.39, 0.29) is 6.17 Å². The third-order valence-corrected chi connectivity index (χ3v) is 4.61. The summed E-state index contributed by atoms with van der Waals surface area (Å²) in [5.41, 5.74) is 10.2. The number of methoxy groups -OCH3 is 1. The van der Waals surface area contributed by atoms with Crippen molar-refractivity contribution >= 4 is 33.8 Å². The maximum atomic E-state index is 6.03. The van der Waals surface area contributed by atoms with Gasteiger partial charge in [-0.25, -0.2) is 14.9 Å². The van der Waals surface area contributed by atoms with Gasteiger partial charge in [0.05, 0.1) is 7.11 Å². The first-order valence-corrected chi connectivity index (χ1v) is 8.02. The van der Waals surface area contributed by atoms with Crippen molar-refractivity contribution in [1.82, 2.24) is 9.97 Å². The molecule has 0 fully saturated rings. The molecule has 2 aromatic carbocycles. The molecule has 0 spiro atoms. The van der Waals surface area contributed by atoms with Crippen molar-refractivity contribution in [3.05, 3.63) is 54.2 Å². The van der Waals surface area contributed by atoms with Crippen molar-refractivity contribution in [3.63, 3.8) is 0 Å². The van der Waals surface area contributed by atoms with Crippen LogP contribution in [0.2, 0.25) is 0 Å². The summed E-state index contributed by atoms with van der Waals surface area (Å²) in [6.07, 6.45) is 1.73. The second kappa shape index (κ2) is 5.01. The number of anilines is 1. The highest BCUT2D eigenvalue weighted by atomic mass is 16.5. The van der Waals surface area contributed by atoms with Gasteiger partial charge in [0.15, 0.2) is 0 Å². The van der Waals surface area contributed by atoms with Crippen LogP contribution in [0.1, 0.15) is 11.7 Å². The molecule has 5 rings (SSSR count). The zero-order valence-electron chi connectivity index (χ0n) is 13.6. The highest BCUT2D eigenvalue weighted by Crippen LogP contribution is 2.30. The summed E-state index contributed by atoms with van der Waals surface area (Å²) in [5, 5.41) is 4.20. The minimum Gasteiger partial charge on any atom is -0.497 e. The fourth-order valence-corrected chi connectivity index (χ4v) is 3.46. The summed E-state index contributed by atoms with van der Waals surface area (Å²) in [5.74, 6) is 2.02. The van der Waals surface area contributed by atoms with Crippen molar-refractivity contribution in [2.24, 2.45) is 10.7 Å². The maximum Gasteiger partial charge on any atom is 0.365 e.